The van der Waals surface area contributed by atoms with Crippen molar-refractivity contribution in [3.05, 3.63) is 78.1 Å². The highest BCUT2D eigenvalue weighted by Crippen LogP contribution is 2.28. The number of amides is 1. The van der Waals surface area contributed by atoms with Gasteiger partial charge in [0.05, 0.1) is 6.04 Å². The normalized spacial score (nSPS) is 19.5. The van der Waals surface area contributed by atoms with Gasteiger partial charge < -0.3 is 14.7 Å². The lowest BCUT2D eigenvalue weighted by Crippen LogP contribution is -2.49. The Balaban J connectivity index is 1.37. The van der Waals surface area contributed by atoms with Crippen LogP contribution in [-0.4, -0.2) is 65.4 Å². The van der Waals surface area contributed by atoms with Gasteiger partial charge >= 0.3 is 0 Å². The molecule has 2 fully saturated rings. The standard InChI is InChI=1S/C27H31N5O/c1-30-15-16-32(25(20-30)21-9-4-2-5-10-21)26(33)23-12-8-11-22(17-23)24-18-28-27(29-19-24)31-13-6-3-7-14-31/h2,4-5,8-12,17-19,25H,3,6-7,13-16,20H2,1H3. The maximum atomic E-state index is 13.6. The maximum absolute atomic E-state index is 13.6. The van der Waals surface area contributed by atoms with Crippen molar-refractivity contribution in [1.82, 2.24) is 19.8 Å². The summed E-state index contributed by atoms with van der Waals surface area (Å²) in [5.41, 5.74) is 3.79. The number of hydrogen-bond acceptors (Lipinski definition) is 5. The number of carbonyl (C=O) groups excluding carboxylic acids is 1. The summed E-state index contributed by atoms with van der Waals surface area (Å²) in [5, 5.41) is 0. The van der Waals surface area contributed by atoms with Crippen LogP contribution >= 0.6 is 0 Å². The Morgan fingerprint density at radius 2 is 1.61 bits per heavy atom. The molecule has 5 rings (SSSR count). The number of piperidine rings is 1. The summed E-state index contributed by atoms with van der Waals surface area (Å²) in [7, 11) is 2.12. The second-order valence-corrected chi connectivity index (χ2v) is 9.09. The molecule has 2 aliphatic rings. The van der Waals surface area contributed by atoms with Crippen molar-refractivity contribution in [3.63, 3.8) is 0 Å². The summed E-state index contributed by atoms with van der Waals surface area (Å²) in [6.45, 7) is 4.47. The quantitative estimate of drug-likeness (QED) is 0.605. The Morgan fingerprint density at radius 1 is 0.848 bits per heavy atom. The number of aromatic nitrogens is 2. The van der Waals surface area contributed by atoms with Crippen molar-refractivity contribution in [1.29, 1.82) is 0 Å². The monoisotopic (exact) mass is 441 g/mol. The number of hydrogen-bond donors (Lipinski definition) is 0. The maximum Gasteiger partial charge on any atom is 0.254 e. The average Bonchev–Trinajstić information content (AvgIpc) is 2.89. The molecule has 3 aromatic rings. The number of piperazine rings is 1. The predicted molar refractivity (Wildman–Crippen MR) is 131 cm³/mol. The van der Waals surface area contributed by atoms with Crippen LogP contribution in [0.4, 0.5) is 5.95 Å². The molecule has 0 N–H and O–H groups in total. The molecule has 0 saturated carbocycles. The molecule has 6 nitrogen and oxygen atoms in total. The van der Waals surface area contributed by atoms with Gasteiger partial charge in [0.1, 0.15) is 0 Å². The highest BCUT2D eigenvalue weighted by molar-refractivity contribution is 5.95. The zero-order valence-corrected chi connectivity index (χ0v) is 19.2. The summed E-state index contributed by atoms with van der Waals surface area (Å²) in [6, 6.07) is 18.2. The molecule has 6 heteroatoms. The first-order valence-corrected chi connectivity index (χ1v) is 11.9. The van der Waals surface area contributed by atoms with Gasteiger partial charge in [-0.1, -0.05) is 42.5 Å². The topological polar surface area (TPSA) is 52.6 Å². The molecule has 0 spiro atoms. The van der Waals surface area contributed by atoms with Gasteiger partial charge in [0.25, 0.3) is 5.91 Å². The first-order chi connectivity index (χ1) is 16.2. The van der Waals surface area contributed by atoms with Gasteiger partial charge in [0.2, 0.25) is 5.95 Å². The fourth-order valence-electron chi connectivity index (χ4n) is 4.85. The lowest BCUT2D eigenvalue weighted by atomic mass is 10.00. The molecule has 33 heavy (non-hydrogen) atoms. The van der Waals surface area contributed by atoms with Gasteiger partial charge in [-0.05, 0) is 49.6 Å². The number of nitrogens with zero attached hydrogens (tertiary/aromatic N) is 5. The molecular formula is C27H31N5O. The van der Waals surface area contributed by atoms with Crippen molar-refractivity contribution in [2.75, 3.05) is 44.7 Å². The first-order valence-electron chi connectivity index (χ1n) is 11.9. The predicted octanol–water partition coefficient (Wildman–Crippen LogP) is 4.26. The van der Waals surface area contributed by atoms with E-state index in [9.17, 15) is 4.79 Å². The fourth-order valence-corrected chi connectivity index (χ4v) is 4.85. The zero-order valence-electron chi connectivity index (χ0n) is 19.2. The van der Waals surface area contributed by atoms with Crippen LogP contribution < -0.4 is 4.90 Å². The van der Waals surface area contributed by atoms with Crippen molar-refractivity contribution >= 4 is 11.9 Å². The average molecular weight is 442 g/mol. The highest BCUT2D eigenvalue weighted by Gasteiger charge is 2.30. The third kappa shape index (κ3) is 4.76. The van der Waals surface area contributed by atoms with Crippen LogP contribution in [-0.2, 0) is 0 Å². The van der Waals surface area contributed by atoms with E-state index < -0.39 is 0 Å². The van der Waals surface area contributed by atoms with Crippen LogP contribution in [0.3, 0.4) is 0 Å². The molecule has 1 aromatic heterocycles. The SMILES string of the molecule is CN1CCN(C(=O)c2cccc(-c3cnc(N4CCCCC4)nc3)c2)C(c2ccccc2)C1. The summed E-state index contributed by atoms with van der Waals surface area (Å²) in [4.78, 5) is 29.4. The molecule has 2 aromatic carbocycles. The molecule has 1 unspecified atom stereocenters. The minimum atomic E-state index is 0.0493. The van der Waals surface area contributed by atoms with Gasteiger partial charge in [-0.15, -0.1) is 0 Å². The van der Waals surface area contributed by atoms with E-state index in [1.54, 1.807) is 0 Å². The van der Waals surface area contributed by atoms with E-state index in [2.05, 4.69) is 38.9 Å². The number of likely N-dealkylation sites (N-methyl/N-ethyl adjacent to an activating group) is 1. The Kier molecular flexibility index (Phi) is 6.35. The van der Waals surface area contributed by atoms with E-state index in [1.807, 2.05) is 59.8 Å². The Bertz CT molecular complexity index is 1080. The molecule has 2 aliphatic heterocycles. The lowest BCUT2D eigenvalue weighted by molar-refractivity contribution is 0.0498. The second-order valence-electron chi connectivity index (χ2n) is 9.09. The van der Waals surface area contributed by atoms with Gasteiger partial charge in [0.15, 0.2) is 0 Å². The molecular weight excluding hydrogens is 410 g/mol. The van der Waals surface area contributed by atoms with Gasteiger partial charge in [0, 0.05) is 56.2 Å². The third-order valence-corrected chi connectivity index (χ3v) is 6.75. The molecule has 0 radical (unpaired) electrons. The molecule has 1 atom stereocenters. The van der Waals surface area contributed by atoms with Crippen molar-refractivity contribution in [2.45, 2.75) is 25.3 Å². The van der Waals surface area contributed by atoms with Crippen LogP contribution in [0.5, 0.6) is 0 Å². The number of rotatable bonds is 4. The van der Waals surface area contributed by atoms with Crippen LogP contribution in [0, 0.1) is 0 Å². The van der Waals surface area contributed by atoms with Crippen molar-refractivity contribution < 1.29 is 4.79 Å². The smallest absolute Gasteiger partial charge is 0.254 e. The lowest BCUT2D eigenvalue weighted by Gasteiger charge is -2.40. The molecule has 0 aliphatic carbocycles. The summed E-state index contributed by atoms with van der Waals surface area (Å²) >= 11 is 0. The number of anilines is 1. The summed E-state index contributed by atoms with van der Waals surface area (Å²) in [6.07, 6.45) is 7.44. The number of carbonyl (C=O) groups is 1. The van der Waals surface area contributed by atoms with Crippen molar-refractivity contribution in [2.24, 2.45) is 0 Å². The van der Waals surface area contributed by atoms with E-state index in [-0.39, 0.29) is 11.9 Å². The van der Waals surface area contributed by atoms with Crippen LogP contribution in [0.2, 0.25) is 0 Å². The van der Waals surface area contributed by atoms with Gasteiger partial charge in [-0.2, -0.15) is 0 Å². The van der Waals surface area contributed by atoms with E-state index in [0.29, 0.717) is 12.1 Å². The zero-order chi connectivity index (χ0) is 22.6. The van der Waals surface area contributed by atoms with E-state index >= 15 is 0 Å². The molecule has 2 saturated heterocycles. The van der Waals surface area contributed by atoms with Crippen LogP contribution in [0.15, 0.2) is 67.0 Å². The second kappa shape index (κ2) is 9.71. The summed E-state index contributed by atoms with van der Waals surface area (Å²) < 4.78 is 0. The Labute approximate surface area is 195 Å². The molecule has 1 amide bonds. The van der Waals surface area contributed by atoms with Crippen LogP contribution in [0.1, 0.15) is 41.2 Å². The fraction of sp³-hybridized carbons (Fsp3) is 0.370. The molecule has 0 bridgehead atoms. The Hall–Kier alpha value is -3.25. The molecule has 3 heterocycles. The number of benzene rings is 2. The summed E-state index contributed by atoms with van der Waals surface area (Å²) in [5.74, 6) is 0.874. The molecule has 170 valence electrons. The largest absolute Gasteiger partial charge is 0.341 e. The van der Waals surface area contributed by atoms with Crippen LogP contribution in [0.25, 0.3) is 11.1 Å². The minimum Gasteiger partial charge on any atom is -0.341 e. The van der Waals surface area contributed by atoms with Gasteiger partial charge in [-0.25, -0.2) is 9.97 Å². The third-order valence-electron chi connectivity index (χ3n) is 6.75. The first kappa shape index (κ1) is 21.6. The van der Waals surface area contributed by atoms with Gasteiger partial charge in [-0.3, -0.25) is 4.79 Å². The highest BCUT2D eigenvalue weighted by atomic mass is 16.2. The van der Waals surface area contributed by atoms with E-state index in [4.69, 9.17) is 0 Å². The Morgan fingerprint density at radius 3 is 2.36 bits per heavy atom. The van der Waals surface area contributed by atoms with E-state index in [1.165, 1.54) is 24.8 Å². The minimum absolute atomic E-state index is 0.0493. The van der Waals surface area contributed by atoms with Crippen molar-refractivity contribution in [3.8, 4) is 11.1 Å². The van der Waals surface area contributed by atoms with E-state index in [0.717, 1.165) is 43.3 Å².